The average molecular weight is 329 g/mol. The van der Waals surface area contributed by atoms with Crippen LogP contribution < -0.4 is 10.2 Å². The molecule has 1 rings (SSSR count). The van der Waals surface area contributed by atoms with Crippen LogP contribution in [0.3, 0.4) is 0 Å². The summed E-state index contributed by atoms with van der Waals surface area (Å²) in [5, 5.41) is 12.4. The maximum absolute atomic E-state index is 9.20. The van der Waals surface area contributed by atoms with Crippen LogP contribution in [-0.2, 0) is 0 Å². The van der Waals surface area contributed by atoms with E-state index in [0.717, 1.165) is 29.5 Å². The van der Waals surface area contributed by atoms with Gasteiger partial charge in [-0.15, -0.1) is 0 Å². The molecule has 0 saturated carbocycles. The molecule has 108 valence electrons. The molecule has 0 saturated heterocycles. The van der Waals surface area contributed by atoms with Gasteiger partial charge in [0.25, 0.3) is 0 Å². The normalized spacial score (nSPS) is 12.5. The van der Waals surface area contributed by atoms with Crippen LogP contribution in [0.25, 0.3) is 0 Å². The number of hydrogen-bond donors (Lipinski definition) is 2. The van der Waals surface area contributed by atoms with E-state index in [1.807, 2.05) is 7.05 Å². The Morgan fingerprint density at radius 2 is 2.11 bits per heavy atom. The lowest BCUT2D eigenvalue weighted by atomic mass is 10.1. The number of nitrogens with one attached hydrogen (secondary N) is 1. The fraction of sp³-hybridized carbons (Fsp3) is 0.600. The summed E-state index contributed by atoms with van der Waals surface area (Å²) in [6, 6.07) is 6.79. The van der Waals surface area contributed by atoms with Gasteiger partial charge < -0.3 is 15.3 Å². The molecule has 0 aliphatic rings. The van der Waals surface area contributed by atoms with Gasteiger partial charge in [0.2, 0.25) is 0 Å². The summed E-state index contributed by atoms with van der Waals surface area (Å²) in [5.41, 5.74) is 2.42. The summed E-state index contributed by atoms with van der Waals surface area (Å²) < 4.78 is 1.09. The highest BCUT2D eigenvalue weighted by atomic mass is 79.9. The van der Waals surface area contributed by atoms with Crippen LogP contribution in [-0.4, -0.2) is 31.9 Å². The molecular formula is C15H25BrN2O. The first-order valence-corrected chi connectivity index (χ1v) is 7.75. The van der Waals surface area contributed by atoms with Crippen molar-refractivity contribution in [3.63, 3.8) is 0 Å². The Bertz CT molecular complexity index is 384. The van der Waals surface area contributed by atoms with Crippen LogP contribution in [0.15, 0.2) is 22.7 Å². The predicted octanol–water partition coefficient (Wildman–Crippen LogP) is 3.33. The molecule has 0 aromatic heterocycles. The quantitative estimate of drug-likeness (QED) is 0.768. The van der Waals surface area contributed by atoms with Crippen molar-refractivity contribution in [1.29, 1.82) is 0 Å². The summed E-state index contributed by atoms with van der Waals surface area (Å²) in [6.45, 7) is 6.18. The van der Waals surface area contributed by atoms with Crippen LogP contribution in [0.2, 0.25) is 0 Å². The van der Waals surface area contributed by atoms with Crippen molar-refractivity contribution >= 4 is 21.6 Å². The fourth-order valence-electron chi connectivity index (χ4n) is 2.04. The summed E-state index contributed by atoms with van der Waals surface area (Å²) in [7, 11) is 1.96. The fourth-order valence-corrected chi connectivity index (χ4v) is 2.69. The number of nitrogens with zero attached hydrogens (tertiary/aromatic N) is 1. The van der Waals surface area contributed by atoms with E-state index in [4.69, 9.17) is 0 Å². The van der Waals surface area contributed by atoms with E-state index >= 15 is 0 Å². The number of anilines is 1. The first-order chi connectivity index (χ1) is 9.13. The molecule has 2 N–H and O–H groups in total. The zero-order valence-electron chi connectivity index (χ0n) is 12.1. The Hall–Kier alpha value is -0.580. The molecule has 0 aliphatic heterocycles. The molecule has 19 heavy (non-hydrogen) atoms. The van der Waals surface area contributed by atoms with Gasteiger partial charge in [0, 0.05) is 23.6 Å². The van der Waals surface area contributed by atoms with E-state index in [1.54, 1.807) is 0 Å². The maximum Gasteiger partial charge on any atom is 0.0606 e. The summed E-state index contributed by atoms with van der Waals surface area (Å²) in [5.74, 6) is 0. The van der Waals surface area contributed by atoms with Crippen LogP contribution >= 0.6 is 15.9 Å². The molecule has 0 radical (unpaired) electrons. The van der Waals surface area contributed by atoms with E-state index in [9.17, 15) is 5.11 Å². The van der Waals surface area contributed by atoms with Crippen molar-refractivity contribution in [2.45, 2.75) is 32.7 Å². The molecule has 0 fully saturated rings. The standard InChI is InChI=1S/C15H25BrN2O/c1-4-5-8-18(9-10-19)15-7-6-13(11-14(15)16)12(2)17-3/h6-7,11-12,17,19H,4-5,8-10H2,1-3H3. The average Bonchev–Trinajstić information content (AvgIpc) is 2.42. The molecule has 4 heteroatoms. The van der Waals surface area contributed by atoms with Crippen molar-refractivity contribution in [3.05, 3.63) is 28.2 Å². The molecular weight excluding hydrogens is 304 g/mol. The number of unbranched alkanes of at least 4 members (excludes halogenated alkanes) is 1. The van der Waals surface area contributed by atoms with E-state index in [1.165, 1.54) is 5.56 Å². The van der Waals surface area contributed by atoms with Crippen molar-refractivity contribution < 1.29 is 5.11 Å². The number of rotatable bonds is 8. The lowest BCUT2D eigenvalue weighted by molar-refractivity contribution is 0.301. The smallest absolute Gasteiger partial charge is 0.0606 e. The van der Waals surface area contributed by atoms with Gasteiger partial charge in [-0.3, -0.25) is 0 Å². The monoisotopic (exact) mass is 328 g/mol. The molecule has 1 unspecified atom stereocenters. The summed E-state index contributed by atoms with van der Waals surface area (Å²) in [4.78, 5) is 2.24. The predicted molar refractivity (Wildman–Crippen MR) is 85.8 cm³/mol. The topological polar surface area (TPSA) is 35.5 Å². The first kappa shape index (κ1) is 16.5. The molecule has 1 aromatic carbocycles. The molecule has 0 bridgehead atoms. The number of halogens is 1. The Labute approximate surface area is 125 Å². The highest BCUT2D eigenvalue weighted by molar-refractivity contribution is 9.10. The highest BCUT2D eigenvalue weighted by Crippen LogP contribution is 2.29. The van der Waals surface area contributed by atoms with Crippen molar-refractivity contribution in [2.24, 2.45) is 0 Å². The molecule has 1 aromatic rings. The lowest BCUT2D eigenvalue weighted by Crippen LogP contribution is -2.28. The van der Waals surface area contributed by atoms with E-state index < -0.39 is 0 Å². The summed E-state index contributed by atoms with van der Waals surface area (Å²) >= 11 is 3.66. The third-order valence-corrected chi connectivity index (χ3v) is 4.03. The van der Waals surface area contributed by atoms with Gasteiger partial charge in [0.05, 0.1) is 12.3 Å². The van der Waals surface area contributed by atoms with Crippen molar-refractivity contribution in [1.82, 2.24) is 5.32 Å². The minimum absolute atomic E-state index is 0.185. The maximum atomic E-state index is 9.20. The second-order valence-electron chi connectivity index (χ2n) is 4.79. The number of aliphatic hydroxyl groups is 1. The van der Waals surface area contributed by atoms with Gasteiger partial charge in [-0.25, -0.2) is 0 Å². The molecule has 1 atom stereocenters. The SMILES string of the molecule is CCCCN(CCO)c1ccc(C(C)NC)cc1Br. The second kappa shape index (κ2) is 8.56. The number of hydrogen-bond acceptors (Lipinski definition) is 3. The van der Waals surface area contributed by atoms with E-state index in [0.29, 0.717) is 12.6 Å². The molecule has 0 amide bonds. The third-order valence-electron chi connectivity index (χ3n) is 3.40. The molecule has 0 aliphatic carbocycles. The minimum atomic E-state index is 0.185. The summed E-state index contributed by atoms with van der Waals surface area (Å²) in [6.07, 6.45) is 2.30. The van der Waals surface area contributed by atoms with Gasteiger partial charge in [-0.1, -0.05) is 19.4 Å². The van der Waals surface area contributed by atoms with Crippen LogP contribution in [0.1, 0.15) is 38.3 Å². The van der Waals surface area contributed by atoms with E-state index in [2.05, 4.69) is 58.2 Å². The van der Waals surface area contributed by atoms with Crippen molar-refractivity contribution in [2.75, 3.05) is 31.6 Å². The lowest BCUT2D eigenvalue weighted by Gasteiger charge is -2.26. The van der Waals surface area contributed by atoms with E-state index in [-0.39, 0.29) is 6.61 Å². The zero-order valence-corrected chi connectivity index (χ0v) is 13.7. The Balaban J connectivity index is 2.90. The van der Waals surface area contributed by atoms with Crippen LogP contribution in [0.5, 0.6) is 0 Å². The Morgan fingerprint density at radius 1 is 1.37 bits per heavy atom. The van der Waals surface area contributed by atoms with Crippen LogP contribution in [0, 0.1) is 0 Å². The van der Waals surface area contributed by atoms with Gasteiger partial charge in [0.1, 0.15) is 0 Å². The first-order valence-electron chi connectivity index (χ1n) is 6.96. The zero-order chi connectivity index (χ0) is 14.3. The largest absolute Gasteiger partial charge is 0.395 e. The van der Waals surface area contributed by atoms with Gasteiger partial charge >= 0.3 is 0 Å². The third kappa shape index (κ3) is 4.79. The van der Waals surface area contributed by atoms with Crippen molar-refractivity contribution in [3.8, 4) is 0 Å². The van der Waals surface area contributed by atoms with Gasteiger partial charge in [-0.05, 0) is 54.0 Å². The van der Waals surface area contributed by atoms with Gasteiger partial charge in [-0.2, -0.15) is 0 Å². The Kier molecular flexibility index (Phi) is 7.42. The molecule has 3 nitrogen and oxygen atoms in total. The highest BCUT2D eigenvalue weighted by Gasteiger charge is 2.11. The molecule has 0 spiro atoms. The number of aliphatic hydroxyl groups excluding tert-OH is 1. The van der Waals surface area contributed by atoms with Gasteiger partial charge in [0.15, 0.2) is 0 Å². The second-order valence-corrected chi connectivity index (χ2v) is 5.64. The number of benzene rings is 1. The minimum Gasteiger partial charge on any atom is -0.395 e. The molecule has 0 heterocycles. The Morgan fingerprint density at radius 3 is 2.63 bits per heavy atom. The van der Waals surface area contributed by atoms with Crippen LogP contribution in [0.4, 0.5) is 5.69 Å².